The molecule has 0 aromatic rings. The Morgan fingerprint density at radius 3 is 2.32 bits per heavy atom. The standard InChI is InChI=1S/C24H36O5S2/c1-23-11-10-18(24(23,2)14-31(27,28)29)21(22(23)26)30(13-15-6-4-3-5-7-15)20-17-9-8-16(12-17)19(20)25/h15-18,20-21H,3-14H2,1-2H3/p+1. The maximum atomic E-state index is 14.0. The van der Waals surface area contributed by atoms with Crippen molar-refractivity contribution in [3.05, 3.63) is 0 Å². The van der Waals surface area contributed by atoms with E-state index in [0.29, 0.717) is 24.0 Å². The third kappa shape index (κ3) is 3.39. The van der Waals surface area contributed by atoms with Crippen molar-refractivity contribution in [3.8, 4) is 0 Å². The Bertz CT molecular complexity index is 878. The molecule has 7 heteroatoms. The van der Waals surface area contributed by atoms with Crippen molar-refractivity contribution in [1.82, 2.24) is 0 Å². The lowest BCUT2D eigenvalue weighted by molar-refractivity contribution is -0.127. The van der Waals surface area contributed by atoms with E-state index in [4.69, 9.17) is 0 Å². The van der Waals surface area contributed by atoms with Crippen molar-refractivity contribution in [2.75, 3.05) is 11.5 Å². The van der Waals surface area contributed by atoms with Gasteiger partial charge in [-0.1, -0.05) is 33.1 Å². The highest BCUT2D eigenvalue weighted by Gasteiger charge is 2.75. The van der Waals surface area contributed by atoms with Crippen LogP contribution in [0.5, 0.6) is 0 Å². The molecule has 0 heterocycles. The van der Waals surface area contributed by atoms with Crippen molar-refractivity contribution in [2.24, 2.45) is 34.5 Å². The molecule has 0 radical (unpaired) electrons. The molecular formula is C24H37O5S2+. The molecule has 5 aliphatic rings. The van der Waals surface area contributed by atoms with E-state index in [1.165, 1.54) is 32.1 Å². The zero-order valence-electron chi connectivity index (χ0n) is 18.8. The first kappa shape index (κ1) is 22.4. The second-order valence-corrected chi connectivity index (χ2v) is 15.4. The summed E-state index contributed by atoms with van der Waals surface area (Å²) in [4.78, 5) is 27.3. The van der Waals surface area contributed by atoms with E-state index in [1.54, 1.807) is 0 Å². The Kier molecular flexibility index (Phi) is 5.46. The fraction of sp³-hybridized carbons (Fsp3) is 0.917. The number of rotatable bonds is 6. The Balaban J connectivity index is 1.51. The van der Waals surface area contributed by atoms with Crippen LogP contribution in [0.25, 0.3) is 0 Å². The largest absolute Gasteiger partial charge is 0.294 e. The second-order valence-electron chi connectivity index (χ2n) is 11.6. The summed E-state index contributed by atoms with van der Waals surface area (Å²) in [6.45, 7) is 3.85. The third-order valence-corrected chi connectivity index (χ3v) is 14.4. The SMILES string of the molecule is CC12CCC(C([S+](CC3CCCCC3)C3C(=O)C4CCC3C4)C1=O)C2(C)CS(=O)(=O)O. The monoisotopic (exact) mass is 469 g/mol. The maximum Gasteiger partial charge on any atom is 0.265 e. The van der Waals surface area contributed by atoms with Gasteiger partial charge in [0, 0.05) is 45.4 Å². The van der Waals surface area contributed by atoms with Gasteiger partial charge in [0.05, 0.1) is 5.75 Å². The van der Waals surface area contributed by atoms with Crippen LogP contribution in [0.15, 0.2) is 0 Å². The lowest BCUT2D eigenvalue weighted by atomic mass is 9.70. The second kappa shape index (κ2) is 7.56. The predicted molar refractivity (Wildman–Crippen MR) is 123 cm³/mol. The Hall–Kier alpha value is -0.400. The highest BCUT2D eigenvalue weighted by molar-refractivity contribution is 7.99. The van der Waals surface area contributed by atoms with E-state index in [2.05, 4.69) is 0 Å². The molecule has 8 atom stereocenters. The smallest absolute Gasteiger partial charge is 0.265 e. The van der Waals surface area contributed by atoms with Crippen LogP contribution in [-0.4, -0.2) is 46.5 Å². The molecule has 5 nitrogen and oxygen atoms in total. The fourth-order valence-corrected chi connectivity index (χ4v) is 13.8. The molecule has 174 valence electrons. The number of fused-ring (bicyclic) bond motifs is 4. The fourth-order valence-electron chi connectivity index (χ4n) is 8.24. The van der Waals surface area contributed by atoms with Crippen molar-refractivity contribution in [1.29, 1.82) is 0 Å². The Morgan fingerprint density at radius 2 is 1.71 bits per heavy atom. The van der Waals surface area contributed by atoms with Gasteiger partial charge in [-0.2, -0.15) is 8.42 Å². The van der Waals surface area contributed by atoms with Crippen LogP contribution >= 0.6 is 0 Å². The molecule has 4 bridgehead atoms. The van der Waals surface area contributed by atoms with Crippen LogP contribution in [0.1, 0.15) is 78.1 Å². The summed E-state index contributed by atoms with van der Waals surface area (Å²) in [7, 11) is -4.49. The molecule has 0 aromatic heterocycles. The van der Waals surface area contributed by atoms with Crippen LogP contribution < -0.4 is 0 Å². The van der Waals surface area contributed by atoms with Gasteiger partial charge in [0.2, 0.25) is 0 Å². The highest BCUT2D eigenvalue weighted by Crippen LogP contribution is 2.67. The average molecular weight is 470 g/mol. The summed E-state index contributed by atoms with van der Waals surface area (Å²) in [5.41, 5.74) is -1.45. The third-order valence-electron chi connectivity index (χ3n) is 10.1. The topological polar surface area (TPSA) is 88.5 Å². The summed E-state index contributed by atoms with van der Waals surface area (Å²) >= 11 is 0. The van der Waals surface area contributed by atoms with E-state index >= 15 is 0 Å². The molecule has 0 saturated heterocycles. The minimum absolute atomic E-state index is 0.0209. The minimum atomic E-state index is -4.18. The van der Waals surface area contributed by atoms with E-state index in [0.717, 1.165) is 31.4 Å². The molecule has 0 aromatic carbocycles. The Morgan fingerprint density at radius 1 is 1.00 bits per heavy atom. The first-order valence-electron chi connectivity index (χ1n) is 12.3. The van der Waals surface area contributed by atoms with E-state index in [9.17, 15) is 22.6 Å². The van der Waals surface area contributed by atoms with Crippen molar-refractivity contribution in [3.63, 3.8) is 0 Å². The number of carbonyl (C=O) groups excluding carboxylic acids is 2. The van der Waals surface area contributed by atoms with Gasteiger partial charge in [-0.3, -0.25) is 14.1 Å². The molecule has 31 heavy (non-hydrogen) atoms. The summed E-state index contributed by atoms with van der Waals surface area (Å²) in [6, 6.07) is 0. The number of hydrogen-bond donors (Lipinski definition) is 1. The quantitative estimate of drug-likeness (QED) is 0.472. The molecule has 0 spiro atoms. The molecule has 5 aliphatic carbocycles. The van der Waals surface area contributed by atoms with Gasteiger partial charge < -0.3 is 0 Å². The van der Waals surface area contributed by atoms with Gasteiger partial charge in [0.1, 0.15) is 5.75 Å². The highest BCUT2D eigenvalue weighted by atomic mass is 32.2. The molecule has 1 N–H and O–H groups in total. The molecule has 8 unspecified atom stereocenters. The number of carbonyl (C=O) groups is 2. The molecule has 5 fully saturated rings. The van der Waals surface area contributed by atoms with Crippen LogP contribution in [0.2, 0.25) is 0 Å². The average Bonchev–Trinajstić information content (AvgIpc) is 3.38. The van der Waals surface area contributed by atoms with Gasteiger partial charge >= 0.3 is 0 Å². The molecular weight excluding hydrogens is 432 g/mol. The van der Waals surface area contributed by atoms with E-state index in [1.807, 2.05) is 13.8 Å². The first-order valence-corrected chi connectivity index (χ1v) is 15.4. The van der Waals surface area contributed by atoms with Gasteiger partial charge in [-0.15, -0.1) is 0 Å². The van der Waals surface area contributed by atoms with Crippen LogP contribution in [0.4, 0.5) is 0 Å². The summed E-state index contributed by atoms with van der Waals surface area (Å²) in [5.74, 6) is 2.43. The van der Waals surface area contributed by atoms with E-state index in [-0.39, 0.29) is 44.8 Å². The lowest BCUT2D eigenvalue weighted by Crippen LogP contribution is -2.50. The van der Waals surface area contributed by atoms with Gasteiger partial charge in [0.15, 0.2) is 22.1 Å². The summed E-state index contributed by atoms with van der Waals surface area (Å²) in [5, 5.41) is -0.173. The van der Waals surface area contributed by atoms with Crippen molar-refractivity contribution in [2.45, 2.75) is 88.6 Å². The number of hydrogen-bond acceptors (Lipinski definition) is 4. The van der Waals surface area contributed by atoms with Gasteiger partial charge in [-0.05, 0) is 44.9 Å². The van der Waals surface area contributed by atoms with Gasteiger partial charge in [-0.25, -0.2) is 0 Å². The Labute approximate surface area is 189 Å². The summed E-state index contributed by atoms with van der Waals surface area (Å²) in [6.07, 6.45) is 10.8. The number of ketones is 2. The molecule has 0 aliphatic heterocycles. The molecule has 5 saturated carbocycles. The normalized spacial score (nSPS) is 46.2. The first-order chi connectivity index (χ1) is 14.6. The lowest BCUT2D eigenvalue weighted by Gasteiger charge is -2.34. The zero-order chi connectivity index (χ0) is 22.2. The maximum absolute atomic E-state index is 14.0. The summed E-state index contributed by atoms with van der Waals surface area (Å²) < 4.78 is 33.7. The van der Waals surface area contributed by atoms with Crippen LogP contribution in [0, 0.1) is 34.5 Å². The van der Waals surface area contributed by atoms with Crippen LogP contribution in [-0.2, 0) is 30.6 Å². The number of Topliss-reactive ketones (excluding diaryl/α,β-unsaturated/α-hetero) is 2. The van der Waals surface area contributed by atoms with E-state index < -0.39 is 20.9 Å². The molecule has 5 rings (SSSR count). The molecule has 0 amide bonds. The van der Waals surface area contributed by atoms with Crippen molar-refractivity contribution >= 4 is 32.6 Å². The minimum Gasteiger partial charge on any atom is -0.294 e. The predicted octanol–water partition coefficient (Wildman–Crippen LogP) is 3.81. The van der Waals surface area contributed by atoms with Gasteiger partial charge in [0.25, 0.3) is 10.1 Å². The zero-order valence-corrected chi connectivity index (χ0v) is 20.5. The van der Waals surface area contributed by atoms with Crippen LogP contribution in [0.3, 0.4) is 0 Å². The van der Waals surface area contributed by atoms with Crippen molar-refractivity contribution < 1.29 is 22.6 Å².